The van der Waals surface area contributed by atoms with Crippen molar-refractivity contribution in [3.8, 4) is 11.1 Å². The maximum absolute atomic E-state index is 11.7. The molecule has 2 aliphatic rings. The number of rotatable bonds is 0. The molecule has 0 radical (unpaired) electrons. The van der Waals surface area contributed by atoms with Crippen LogP contribution in [0.1, 0.15) is 30.9 Å². The highest BCUT2D eigenvalue weighted by molar-refractivity contribution is 9.10. The summed E-state index contributed by atoms with van der Waals surface area (Å²) in [6, 6.07) is 13.5. The van der Waals surface area contributed by atoms with Crippen LogP contribution in [-0.4, -0.2) is 31.7 Å². The normalized spacial score (nSPS) is 17.9. The first-order chi connectivity index (χ1) is 11.0. The molecule has 4 rings (SSSR count). The lowest BCUT2D eigenvalue weighted by molar-refractivity contribution is -0.130. The Bertz CT molecular complexity index is 756. The molecule has 0 unspecified atom stereocenters. The van der Waals surface area contributed by atoms with Crippen LogP contribution in [0, 0.1) is 0 Å². The molecule has 116 valence electrons. The average molecular weight is 368 g/mol. The fraction of sp³-hybridized carbons (Fsp3) is 0.316. The smallest absolute Gasteiger partial charge is 0.219 e. The third kappa shape index (κ3) is 2.19. The molecule has 1 aliphatic carbocycles. The van der Waals surface area contributed by atoms with Crippen LogP contribution in [0.2, 0.25) is 0 Å². The summed E-state index contributed by atoms with van der Waals surface area (Å²) in [5.41, 5.74) is 6.98. The Balaban J connectivity index is 1.88. The van der Waals surface area contributed by atoms with Crippen molar-refractivity contribution in [1.82, 2.24) is 4.90 Å². The van der Waals surface area contributed by atoms with Crippen LogP contribution in [0.3, 0.4) is 0 Å². The van der Waals surface area contributed by atoms with Gasteiger partial charge in [0.2, 0.25) is 5.91 Å². The molecule has 0 bridgehead atoms. The number of fused-ring (bicyclic) bond motifs is 5. The van der Waals surface area contributed by atoms with Gasteiger partial charge in [-0.2, -0.15) is 0 Å². The predicted octanol–water partition coefficient (Wildman–Crippen LogP) is 2.62. The molecule has 1 saturated heterocycles. The number of piperidine rings is 1. The van der Waals surface area contributed by atoms with Crippen molar-refractivity contribution >= 4 is 35.1 Å². The lowest BCUT2D eigenvalue weighted by atomic mass is 9.70. The summed E-state index contributed by atoms with van der Waals surface area (Å²) < 4.78 is 1.13. The van der Waals surface area contributed by atoms with Crippen molar-refractivity contribution in [1.29, 1.82) is 0 Å². The second kappa shape index (κ2) is 5.24. The van der Waals surface area contributed by atoms with Crippen molar-refractivity contribution in [3.63, 3.8) is 0 Å². The zero-order valence-electron chi connectivity index (χ0n) is 13.5. The van der Waals surface area contributed by atoms with Gasteiger partial charge in [0.05, 0.1) is 0 Å². The number of amides is 1. The number of likely N-dealkylation sites (tertiary alicyclic amines) is 1. The molecular weight excluding hydrogens is 349 g/mol. The molecule has 1 spiro atoms. The van der Waals surface area contributed by atoms with Gasteiger partial charge in [-0.25, -0.2) is 0 Å². The van der Waals surface area contributed by atoms with Crippen molar-refractivity contribution in [2.45, 2.75) is 25.2 Å². The van der Waals surface area contributed by atoms with Crippen molar-refractivity contribution < 1.29 is 4.79 Å². The second-order valence-corrected chi connectivity index (χ2v) is 7.74. The quantitative estimate of drug-likeness (QED) is 0.655. The molecule has 0 atom stereocenters. The summed E-state index contributed by atoms with van der Waals surface area (Å²) in [5.74, 6) is 0.191. The Kier molecular flexibility index (Phi) is 3.42. The van der Waals surface area contributed by atoms with E-state index in [2.05, 4.69) is 60.2 Å². The van der Waals surface area contributed by atoms with E-state index in [1.165, 1.54) is 27.7 Å². The molecule has 2 aromatic carbocycles. The van der Waals surface area contributed by atoms with Crippen LogP contribution in [-0.2, 0) is 10.2 Å². The number of nitrogens with zero attached hydrogens (tertiary/aromatic N) is 1. The monoisotopic (exact) mass is 367 g/mol. The van der Waals surface area contributed by atoms with Crippen LogP contribution in [0.5, 0.6) is 0 Å². The molecule has 1 heterocycles. The van der Waals surface area contributed by atoms with Crippen LogP contribution >= 0.6 is 15.9 Å². The van der Waals surface area contributed by atoms with Crippen molar-refractivity contribution in [2.24, 2.45) is 0 Å². The van der Waals surface area contributed by atoms with E-state index in [0.717, 1.165) is 30.4 Å². The summed E-state index contributed by atoms with van der Waals surface area (Å²) >= 11 is 3.64. The van der Waals surface area contributed by atoms with Crippen LogP contribution < -0.4 is 5.46 Å². The summed E-state index contributed by atoms with van der Waals surface area (Å²) in [5, 5.41) is 0. The summed E-state index contributed by atoms with van der Waals surface area (Å²) in [6.45, 7) is 3.36. The van der Waals surface area contributed by atoms with Gasteiger partial charge in [-0.15, -0.1) is 0 Å². The van der Waals surface area contributed by atoms with Gasteiger partial charge in [0.1, 0.15) is 7.85 Å². The van der Waals surface area contributed by atoms with Gasteiger partial charge in [0.25, 0.3) is 0 Å². The minimum absolute atomic E-state index is 0.0619. The number of carbonyl (C=O) groups excluding carboxylic acids is 1. The number of halogens is 1. The second-order valence-electron chi connectivity index (χ2n) is 6.83. The Morgan fingerprint density at radius 2 is 1.70 bits per heavy atom. The molecule has 0 N–H and O–H groups in total. The Hall–Kier alpha value is -1.55. The minimum atomic E-state index is 0.0619. The highest BCUT2D eigenvalue weighted by atomic mass is 79.9. The van der Waals surface area contributed by atoms with E-state index in [1.54, 1.807) is 6.92 Å². The van der Waals surface area contributed by atoms with Gasteiger partial charge < -0.3 is 4.90 Å². The van der Waals surface area contributed by atoms with Gasteiger partial charge in [0, 0.05) is 29.9 Å². The predicted molar refractivity (Wildman–Crippen MR) is 100 cm³/mol. The average Bonchev–Trinajstić information content (AvgIpc) is 2.78. The molecule has 0 saturated carbocycles. The van der Waals surface area contributed by atoms with E-state index >= 15 is 0 Å². The topological polar surface area (TPSA) is 20.3 Å². The van der Waals surface area contributed by atoms with E-state index < -0.39 is 0 Å². The summed E-state index contributed by atoms with van der Waals surface area (Å²) in [7, 11) is 2.16. The first kappa shape index (κ1) is 15.0. The van der Waals surface area contributed by atoms with E-state index in [4.69, 9.17) is 0 Å². The van der Waals surface area contributed by atoms with Crippen LogP contribution in [0.25, 0.3) is 11.1 Å². The minimum Gasteiger partial charge on any atom is -0.343 e. The third-order valence-electron chi connectivity index (χ3n) is 5.54. The molecule has 2 nitrogen and oxygen atoms in total. The van der Waals surface area contributed by atoms with Gasteiger partial charge in [-0.1, -0.05) is 45.7 Å². The van der Waals surface area contributed by atoms with E-state index in [0.29, 0.717) is 0 Å². The molecule has 0 aromatic heterocycles. The molecule has 23 heavy (non-hydrogen) atoms. The van der Waals surface area contributed by atoms with Crippen LogP contribution in [0.15, 0.2) is 40.9 Å². The number of hydrogen-bond acceptors (Lipinski definition) is 1. The van der Waals surface area contributed by atoms with E-state index in [1.807, 2.05) is 4.90 Å². The van der Waals surface area contributed by atoms with Gasteiger partial charge in [-0.05, 0) is 47.2 Å². The Morgan fingerprint density at radius 3 is 2.35 bits per heavy atom. The van der Waals surface area contributed by atoms with Crippen molar-refractivity contribution in [3.05, 3.63) is 52.0 Å². The maximum Gasteiger partial charge on any atom is 0.219 e. The van der Waals surface area contributed by atoms with E-state index in [9.17, 15) is 4.79 Å². The van der Waals surface area contributed by atoms with E-state index in [-0.39, 0.29) is 11.3 Å². The van der Waals surface area contributed by atoms with Gasteiger partial charge in [0.15, 0.2) is 0 Å². The highest BCUT2D eigenvalue weighted by Crippen LogP contribution is 2.54. The van der Waals surface area contributed by atoms with Crippen molar-refractivity contribution in [2.75, 3.05) is 13.1 Å². The zero-order valence-corrected chi connectivity index (χ0v) is 15.1. The SMILES string of the molecule is Bc1ccc2c(c1)C1(CCN(C(C)=O)CC1)c1cc(Br)ccc1-2. The fourth-order valence-electron chi connectivity index (χ4n) is 4.32. The Labute approximate surface area is 146 Å². The summed E-state index contributed by atoms with van der Waals surface area (Å²) in [4.78, 5) is 13.7. The molecule has 1 fully saturated rings. The third-order valence-corrected chi connectivity index (χ3v) is 6.03. The first-order valence-electron chi connectivity index (χ1n) is 8.18. The first-order valence-corrected chi connectivity index (χ1v) is 8.98. The molecule has 4 heteroatoms. The number of carbonyl (C=O) groups is 1. The standard InChI is InChI=1S/C19H19BBrNO/c1-12(23)22-8-6-19(7-9-22)17-10-13(20)2-4-15(17)16-5-3-14(21)11-18(16)19/h2-5,10-11H,6-9,20H2,1H3. The highest BCUT2D eigenvalue weighted by Gasteiger charge is 2.45. The molecule has 1 amide bonds. The largest absolute Gasteiger partial charge is 0.343 e. The number of benzene rings is 2. The lowest BCUT2D eigenvalue weighted by Crippen LogP contribution is -2.44. The lowest BCUT2D eigenvalue weighted by Gasteiger charge is -2.41. The zero-order chi connectivity index (χ0) is 16.2. The fourth-order valence-corrected chi connectivity index (χ4v) is 4.68. The Morgan fingerprint density at radius 1 is 1.09 bits per heavy atom. The van der Waals surface area contributed by atoms with Crippen LogP contribution in [0.4, 0.5) is 0 Å². The maximum atomic E-state index is 11.7. The summed E-state index contributed by atoms with van der Waals surface area (Å²) in [6.07, 6.45) is 2.01. The molecule has 1 aliphatic heterocycles. The molecule has 2 aromatic rings. The molecular formula is C19H19BBrNO. The number of hydrogen-bond donors (Lipinski definition) is 0. The van der Waals surface area contributed by atoms with Gasteiger partial charge >= 0.3 is 0 Å². The van der Waals surface area contributed by atoms with Gasteiger partial charge in [-0.3, -0.25) is 4.79 Å².